The Bertz CT molecular complexity index is 1640. The minimum atomic E-state index is -2.02. The van der Waals surface area contributed by atoms with Crippen LogP contribution in [-0.2, 0) is 23.7 Å². The van der Waals surface area contributed by atoms with Crippen molar-refractivity contribution < 1.29 is 104 Å². The van der Waals surface area contributed by atoms with Gasteiger partial charge in [-0.1, -0.05) is 6.07 Å². The maximum Gasteiger partial charge on any atom is 0.229 e. The number of benzene rings is 2. The van der Waals surface area contributed by atoms with Gasteiger partial charge in [-0.15, -0.1) is 0 Å². The molecule has 3 fully saturated rings. The topological polar surface area (TPSA) is 345 Å². The first-order chi connectivity index (χ1) is 25.5. The lowest BCUT2D eigenvalue weighted by Gasteiger charge is -2.44. The second kappa shape index (κ2) is 15.9. The van der Waals surface area contributed by atoms with Gasteiger partial charge >= 0.3 is 0 Å². The molecule has 0 aliphatic carbocycles. The molecule has 4 aliphatic rings. The second-order valence-electron chi connectivity index (χ2n) is 13.4. The van der Waals surface area contributed by atoms with Crippen molar-refractivity contribution in [3.8, 4) is 28.7 Å². The zero-order chi connectivity index (χ0) is 39.3. The monoisotopic (exact) mass is 774 g/mol. The molecule has 17 atom stereocenters. The van der Waals surface area contributed by atoms with Gasteiger partial charge in [-0.3, -0.25) is 4.79 Å². The standard InChI is InChI=1S/C33H42O21/c1-9-19(38)23(42)26(45)31(49-9)48-8-17-21(40)25(44)28(47)33(53-17)54-30-22(41)18-13(37)5-11(35)6-15(18)50-29(30)10-2-3-14(12(36)4-10)51-32-27(46)24(43)20(39)16(7-34)52-32/h2-6,9,16-17,19-21,23-40,42-47H,7-8H2,1H3/t9-,16-,17+,19-,20-,21+,23+,24+,25-,26+,27-,28+,29-,30-,31+,32+,33-/m0/s1. The Balaban J connectivity index is 1.25. The minimum absolute atomic E-state index is 0.0236. The largest absolute Gasteiger partial charge is 0.508 e. The molecular weight excluding hydrogens is 732 g/mol. The number of carbonyl (C=O) groups excluding carboxylic acids is 1. The first-order valence-electron chi connectivity index (χ1n) is 16.8. The van der Waals surface area contributed by atoms with Gasteiger partial charge in [0, 0.05) is 12.1 Å². The van der Waals surface area contributed by atoms with E-state index in [9.17, 15) is 71.2 Å². The Labute approximate surface area is 304 Å². The molecule has 3 saturated heterocycles. The van der Waals surface area contributed by atoms with E-state index in [1.165, 1.54) is 13.0 Å². The van der Waals surface area contributed by atoms with E-state index in [1.807, 2.05) is 0 Å². The fourth-order valence-electron chi connectivity index (χ4n) is 6.53. The SMILES string of the molecule is C[C@@H]1O[C@@H](OC[C@H]2O[C@@H](O[C@H]3C(=O)c4c(O)cc(O)cc4O[C@H]3c3ccc(O[C@@H]4O[C@@H](CO)[C@H](O)[C@@H](O)[C@@H]4O)c(O)c3)[C@H](O)[C@@H](O)[C@@H]2O)[C@H](O)[C@H](O)[C@H]1O. The Morgan fingerprint density at radius 2 is 1.28 bits per heavy atom. The molecule has 4 aliphatic heterocycles. The Hall–Kier alpha value is -3.49. The third-order valence-corrected chi connectivity index (χ3v) is 9.69. The molecule has 0 bridgehead atoms. The van der Waals surface area contributed by atoms with Crippen LogP contribution < -0.4 is 9.47 Å². The summed E-state index contributed by atoms with van der Waals surface area (Å²) in [5.74, 6) is -3.49. The van der Waals surface area contributed by atoms with E-state index in [0.717, 1.165) is 24.3 Å². The highest BCUT2D eigenvalue weighted by Gasteiger charge is 2.51. The summed E-state index contributed by atoms with van der Waals surface area (Å²) in [6.45, 7) is 0.0170. The Morgan fingerprint density at radius 3 is 1.94 bits per heavy atom. The predicted molar refractivity (Wildman–Crippen MR) is 170 cm³/mol. The third kappa shape index (κ3) is 7.54. The van der Waals surface area contributed by atoms with Gasteiger partial charge in [-0.05, 0) is 24.6 Å². The van der Waals surface area contributed by atoms with Crippen molar-refractivity contribution in [1.82, 2.24) is 0 Å². The van der Waals surface area contributed by atoms with Gasteiger partial charge in [-0.25, -0.2) is 0 Å². The summed E-state index contributed by atoms with van der Waals surface area (Å²) < 4.78 is 39.2. The van der Waals surface area contributed by atoms with E-state index in [2.05, 4.69) is 0 Å². The van der Waals surface area contributed by atoms with Crippen molar-refractivity contribution in [1.29, 1.82) is 0 Å². The molecule has 4 heterocycles. The number of fused-ring (bicyclic) bond motifs is 1. The highest BCUT2D eigenvalue weighted by atomic mass is 16.7. The summed E-state index contributed by atoms with van der Waals surface area (Å²) in [7, 11) is 0. The van der Waals surface area contributed by atoms with E-state index in [4.69, 9.17) is 33.2 Å². The summed E-state index contributed by atoms with van der Waals surface area (Å²) >= 11 is 0. The molecule has 0 spiro atoms. The Morgan fingerprint density at radius 1 is 0.667 bits per heavy atom. The van der Waals surface area contributed by atoms with Crippen LogP contribution in [0.4, 0.5) is 0 Å². The molecule has 2 aromatic carbocycles. The van der Waals surface area contributed by atoms with Crippen LogP contribution in [0.25, 0.3) is 0 Å². The van der Waals surface area contributed by atoms with Crippen LogP contribution in [0.15, 0.2) is 30.3 Å². The Kier molecular flexibility index (Phi) is 11.9. The third-order valence-electron chi connectivity index (χ3n) is 9.69. The smallest absolute Gasteiger partial charge is 0.229 e. The first kappa shape index (κ1) is 40.2. The van der Waals surface area contributed by atoms with Crippen LogP contribution in [0.1, 0.15) is 28.9 Å². The summed E-state index contributed by atoms with van der Waals surface area (Å²) in [4.78, 5) is 14.0. The summed E-state index contributed by atoms with van der Waals surface area (Å²) in [5, 5.41) is 134. The van der Waals surface area contributed by atoms with E-state index in [-0.39, 0.29) is 17.1 Å². The van der Waals surface area contributed by atoms with Gasteiger partial charge in [0.15, 0.2) is 36.3 Å². The lowest BCUT2D eigenvalue weighted by molar-refractivity contribution is -0.333. The number of aromatic hydroxyl groups is 3. The molecule has 54 heavy (non-hydrogen) atoms. The first-order valence-corrected chi connectivity index (χ1v) is 16.8. The van der Waals surface area contributed by atoms with Gasteiger partial charge < -0.3 is 99.5 Å². The van der Waals surface area contributed by atoms with Crippen molar-refractivity contribution in [3.63, 3.8) is 0 Å². The molecule has 13 N–H and O–H groups in total. The van der Waals surface area contributed by atoms with Crippen LogP contribution in [0.3, 0.4) is 0 Å². The number of hydrogen-bond donors (Lipinski definition) is 13. The number of ketones is 1. The lowest BCUT2D eigenvalue weighted by Crippen LogP contribution is -2.62. The molecular formula is C33H42O21. The van der Waals surface area contributed by atoms with Crippen LogP contribution in [0.5, 0.6) is 28.7 Å². The summed E-state index contributed by atoms with van der Waals surface area (Å²) in [6.07, 6.45) is -28.3. The number of phenols is 3. The molecule has 21 heteroatoms. The number of hydrogen-bond acceptors (Lipinski definition) is 21. The van der Waals surface area contributed by atoms with Crippen LogP contribution >= 0.6 is 0 Å². The summed E-state index contributed by atoms with van der Waals surface area (Å²) in [5.41, 5.74) is -0.477. The van der Waals surface area contributed by atoms with Gasteiger partial charge in [0.25, 0.3) is 0 Å². The maximum atomic E-state index is 14.0. The van der Waals surface area contributed by atoms with Crippen LogP contribution in [0, 0.1) is 0 Å². The predicted octanol–water partition coefficient (Wildman–Crippen LogP) is -4.66. The normalized spacial score (nSPS) is 41.2. The van der Waals surface area contributed by atoms with Crippen LogP contribution in [0.2, 0.25) is 0 Å². The fraction of sp³-hybridized carbons (Fsp3) is 0.606. The highest BCUT2D eigenvalue weighted by Crippen LogP contribution is 2.45. The van der Waals surface area contributed by atoms with Crippen LogP contribution in [-0.4, -0.2) is 184 Å². The highest BCUT2D eigenvalue weighted by molar-refractivity contribution is 6.05. The van der Waals surface area contributed by atoms with E-state index < -0.39 is 146 Å². The minimum Gasteiger partial charge on any atom is -0.508 e. The lowest BCUT2D eigenvalue weighted by atomic mass is 9.92. The van der Waals surface area contributed by atoms with Crippen molar-refractivity contribution in [2.75, 3.05) is 13.2 Å². The molecule has 0 aromatic heterocycles. The molecule has 2 aromatic rings. The number of ether oxygens (including phenoxy) is 7. The number of aliphatic hydroxyl groups excluding tert-OH is 10. The van der Waals surface area contributed by atoms with Gasteiger partial charge in [-0.2, -0.15) is 0 Å². The number of rotatable bonds is 9. The molecule has 300 valence electrons. The maximum absolute atomic E-state index is 14.0. The number of aliphatic hydroxyl groups is 10. The van der Waals surface area contributed by atoms with Crippen molar-refractivity contribution in [3.05, 3.63) is 41.5 Å². The van der Waals surface area contributed by atoms with E-state index in [1.54, 1.807) is 0 Å². The average molecular weight is 775 g/mol. The number of Topliss-reactive ketones (excluding diaryl/α,β-unsaturated/α-hetero) is 1. The van der Waals surface area contributed by atoms with E-state index in [0.29, 0.717) is 0 Å². The van der Waals surface area contributed by atoms with Crippen molar-refractivity contribution >= 4 is 5.78 Å². The van der Waals surface area contributed by atoms with Crippen molar-refractivity contribution in [2.45, 2.75) is 111 Å². The quantitative estimate of drug-likeness (QED) is 0.114. The van der Waals surface area contributed by atoms with Crippen molar-refractivity contribution in [2.24, 2.45) is 0 Å². The molecule has 0 unspecified atom stereocenters. The van der Waals surface area contributed by atoms with Gasteiger partial charge in [0.05, 0.1) is 19.3 Å². The fourth-order valence-corrected chi connectivity index (χ4v) is 6.53. The van der Waals surface area contributed by atoms with E-state index >= 15 is 0 Å². The molecule has 0 amide bonds. The van der Waals surface area contributed by atoms with Gasteiger partial charge in [0.1, 0.15) is 90.0 Å². The van der Waals surface area contributed by atoms with Gasteiger partial charge in [0.2, 0.25) is 12.1 Å². The molecule has 0 saturated carbocycles. The molecule has 21 nitrogen and oxygen atoms in total. The molecule has 0 radical (unpaired) electrons. The number of phenolic OH excluding ortho intramolecular Hbond substituents is 3. The average Bonchev–Trinajstić information content (AvgIpc) is 3.13. The molecule has 6 rings (SSSR count). The number of carbonyl (C=O) groups is 1. The summed E-state index contributed by atoms with van der Waals surface area (Å²) in [6, 6.07) is 5.31. The second-order valence-corrected chi connectivity index (χ2v) is 13.4. The zero-order valence-corrected chi connectivity index (χ0v) is 28.2. The zero-order valence-electron chi connectivity index (χ0n) is 28.2.